The molecule has 1 heterocycles. The first-order valence-electron chi connectivity index (χ1n) is 6.72. The van der Waals surface area contributed by atoms with Crippen molar-refractivity contribution in [3.05, 3.63) is 41.2 Å². The standard InChI is InChI=1S/C15H20N4O2/c1-15(2,3)13-12(9-16)17-18-19(13)11-7-5-6-10(8-11)14(20)21-4/h5-8H,9,16H2,1-4H3. The SMILES string of the molecule is COC(=O)c1cccc(-n2nnc(CN)c2C(C)(C)C)c1. The van der Waals surface area contributed by atoms with Gasteiger partial charge in [-0.3, -0.25) is 0 Å². The molecule has 0 aliphatic carbocycles. The normalized spacial score (nSPS) is 11.5. The number of nitrogens with zero attached hydrogens (tertiary/aromatic N) is 3. The quantitative estimate of drug-likeness (QED) is 0.871. The molecule has 2 aromatic rings. The van der Waals surface area contributed by atoms with E-state index in [9.17, 15) is 4.79 Å². The zero-order valence-electron chi connectivity index (χ0n) is 12.8. The van der Waals surface area contributed by atoms with Crippen LogP contribution in [0.15, 0.2) is 24.3 Å². The first kappa shape index (κ1) is 15.2. The second kappa shape index (κ2) is 5.65. The van der Waals surface area contributed by atoms with E-state index >= 15 is 0 Å². The third-order valence-electron chi connectivity index (χ3n) is 3.16. The summed E-state index contributed by atoms with van der Waals surface area (Å²) in [5, 5.41) is 8.33. The molecule has 0 saturated carbocycles. The minimum Gasteiger partial charge on any atom is -0.465 e. The van der Waals surface area contributed by atoms with Crippen LogP contribution in [-0.2, 0) is 16.7 Å². The molecule has 0 saturated heterocycles. The average Bonchev–Trinajstić information content (AvgIpc) is 2.90. The van der Waals surface area contributed by atoms with Gasteiger partial charge in [0.1, 0.15) is 5.69 Å². The van der Waals surface area contributed by atoms with Crippen molar-refractivity contribution in [3.8, 4) is 5.69 Å². The van der Waals surface area contributed by atoms with Crippen LogP contribution in [0.3, 0.4) is 0 Å². The lowest BCUT2D eigenvalue weighted by Gasteiger charge is -2.21. The molecule has 6 heteroatoms. The molecule has 21 heavy (non-hydrogen) atoms. The minimum atomic E-state index is -0.381. The number of carbonyl (C=O) groups excluding carboxylic acids is 1. The van der Waals surface area contributed by atoms with Crippen LogP contribution in [0.5, 0.6) is 0 Å². The van der Waals surface area contributed by atoms with E-state index < -0.39 is 0 Å². The van der Waals surface area contributed by atoms with Crippen molar-refractivity contribution in [3.63, 3.8) is 0 Å². The largest absolute Gasteiger partial charge is 0.465 e. The maximum absolute atomic E-state index is 11.7. The molecule has 0 spiro atoms. The number of nitrogens with two attached hydrogens (primary N) is 1. The molecule has 0 radical (unpaired) electrons. The van der Waals surface area contributed by atoms with E-state index in [-0.39, 0.29) is 11.4 Å². The maximum Gasteiger partial charge on any atom is 0.337 e. The number of benzene rings is 1. The van der Waals surface area contributed by atoms with Gasteiger partial charge < -0.3 is 10.5 Å². The molecule has 6 nitrogen and oxygen atoms in total. The summed E-state index contributed by atoms with van der Waals surface area (Å²) in [7, 11) is 1.36. The van der Waals surface area contributed by atoms with E-state index in [2.05, 4.69) is 31.1 Å². The monoisotopic (exact) mass is 288 g/mol. The van der Waals surface area contributed by atoms with Crippen LogP contribution in [0.1, 0.15) is 42.5 Å². The second-order valence-corrected chi connectivity index (χ2v) is 5.79. The lowest BCUT2D eigenvalue weighted by atomic mass is 9.90. The number of carbonyl (C=O) groups is 1. The van der Waals surface area contributed by atoms with Crippen LogP contribution in [-0.4, -0.2) is 28.1 Å². The van der Waals surface area contributed by atoms with Crippen LogP contribution in [0, 0.1) is 0 Å². The molecule has 2 rings (SSSR count). The number of hydrogen-bond donors (Lipinski definition) is 1. The Bertz CT molecular complexity index is 656. The fraction of sp³-hybridized carbons (Fsp3) is 0.400. The molecule has 1 aromatic heterocycles. The second-order valence-electron chi connectivity index (χ2n) is 5.79. The van der Waals surface area contributed by atoms with Gasteiger partial charge >= 0.3 is 5.97 Å². The summed E-state index contributed by atoms with van der Waals surface area (Å²) in [5.41, 5.74) is 8.51. The van der Waals surface area contributed by atoms with Gasteiger partial charge in [-0.05, 0) is 18.2 Å². The van der Waals surface area contributed by atoms with Gasteiger partial charge in [-0.25, -0.2) is 9.48 Å². The van der Waals surface area contributed by atoms with Crippen molar-refractivity contribution in [1.29, 1.82) is 0 Å². The molecule has 0 atom stereocenters. The van der Waals surface area contributed by atoms with Crippen molar-refractivity contribution in [2.75, 3.05) is 7.11 Å². The third-order valence-corrected chi connectivity index (χ3v) is 3.16. The molecule has 0 aliphatic heterocycles. The highest BCUT2D eigenvalue weighted by Gasteiger charge is 2.25. The van der Waals surface area contributed by atoms with Gasteiger partial charge in [-0.2, -0.15) is 0 Å². The van der Waals surface area contributed by atoms with Gasteiger partial charge in [0.05, 0.1) is 24.1 Å². The van der Waals surface area contributed by atoms with E-state index in [0.717, 1.165) is 17.1 Å². The highest BCUT2D eigenvalue weighted by molar-refractivity contribution is 5.89. The fourth-order valence-corrected chi connectivity index (χ4v) is 2.26. The third kappa shape index (κ3) is 2.95. The van der Waals surface area contributed by atoms with Gasteiger partial charge in [0.2, 0.25) is 0 Å². The number of esters is 1. The Hall–Kier alpha value is -2.21. The highest BCUT2D eigenvalue weighted by Crippen LogP contribution is 2.27. The zero-order chi connectivity index (χ0) is 15.6. The summed E-state index contributed by atoms with van der Waals surface area (Å²) in [6.07, 6.45) is 0. The average molecular weight is 288 g/mol. The fourth-order valence-electron chi connectivity index (χ4n) is 2.26. The van der Waals surface area contributed by atoms with Gasteiger partial charge in [-0.15, -0.1) is 5.10 Å². The molecular formula is C15H20N4O2. The predicted molar refractivity (Wildman–Crippen MR) is 79.3 cm³/mol. The Morgan fingerprint density at radius 2 is 2.10 bits per heavy atom. The van der Waals surface area contributed by atoms with Crippen LogP contribution < -0.4 is 5.73 Å². The van der Waals surface area contributed by atoms with E-state index in [1.54, 1.807) is 22.9 Å². The summed E-state index contributed by atoms with van der Waals surface area (Å²) in [6.45, 7) is 6.55. The molecule has 0 unspecified atom stereocenters. The number of rotatable bonds is 3. The molecule has 0 bridgehead atoms. The Kier molecular flexibility index (Phi) is 4.09. The lowest BCUT2D eigenvalue weighted by Crippen LogP contribution is -2.20. The molecule has 0 amide bonds. The summed E-state index contributed by atoms with van der Waals surface area (Å²) in [4.78, 5) is 11.7. The maximum atomic E-state index is 11.7. The van der Waals surface area contributed by atoms with Crippen LogP contribution in [0.4, 0.5) is 0 Å². The minimum absolute atomic E-state index is 0.167. The van der Waals surface area contributed by atoms with Gasteiger partial charge in [0.15, 0.2) is 0 Å². The summed E-state index contributed by atoms with van der Waals surface area (Å²) < 4.78 is 6.48. The zero-order valence-corrected chi connectivity index (χ0v) is 12.8. The summed E-state index contributed by atoms with van der Waals surface area (Å²) in [5.74, 6) is -0.381. The number of methoxy groups -OCH3 is 1. The summed E-state index contributed by atoms with van der Waals surface area (Å²) in [6, 6.07) is 7.09. The van der Waals surface area contributed by atoms with Crippen LogP contribution in [0.2, 0.25) is 0 Å². The van der Waals surface area contributed by atoms with E-state index in [1.165, 1.54) is 7.11 Å². The first-order valence-corrected chi connectivity index (χ1v) is 6.72. The molecular weight excluding hydrogens is 268 g/mol. The highest BCUT2D eigenvalue weighted by atomic mass is 16.5. The van der Waals surface area contributed by atoms with Crippen molar-refractivity contribution < 1.29 is 9.53 Å². The number of hydrogen-bond acceptors (Lipinski definition) is 5. The van der Waals surface area contributed by atoms with Crippen molar-refractivity contribution in [2.24, 2.45) is 5.73 Å². The lowest BCUT2D eigenvalue weighted by molar-refractivity contribution is 0.0600. The van der Waals surface area contributed by atoms with Gasteiger partial charge in [0, 0.05) is 12.0 Å². The Balaban J connectivity index is 2.57. The Morgan fingerprint density at radius 1 is 1.38 bits per heavy atom. The van der Waals surface area contributed by atoms with E-state index in [0.29, 0.717) is 12.1 Å². The van der Waals surface area contributed by atoms with E-state index in [1.807, 2.05) is 6.07 Å². The smallest absolute Gasteiger partial charge is 0.337 e. The van der Waals surface area contributed by atoms with Crippen LogP contribution in [0.25, 0.3) is 5.69 Å². The first-order chi connectivity index (χ1) is 9.88. The van der Waals surface area contributed by atoms with Crippen molar-refractivity contribution in [1.82, 2.24) is 15.0 Å². The topological polar surface area (TPSA) is 83.0 Å². The molecule has 112 valence electrons. The van der Waals surface area contributed by atoms with Crippen molar-refractivity contribution in [2.45, 2.75) is 32.7 Å². The molecule has 1 aromatic carbocycles. The predicted octanol–water partition coefficient (Wildman–Crippen LogP) is 1.81. The molecule has 0 fully saturated rings. The Morgan fingerprint density at radius 3 is 2.67 bits per heavy atom. The molecule has 0 aliphatic rings. The number of aromatic nitrogens is 3. The molecule has 2 N–H and O–H groups in total. The Labute approximate surface area is 123 Å². The van der Waals surface area contributed by atoms with E-state index in [4.69, 9.17) is 10.5 Å². The van der Waals surface area contributed by atoms with Gasteiger partial charge in [0.25, 0.3) is 0 Å². The van der Waals surface area contributed by atoms with Crippen molar-refractivity contribution >= 4 is 5.97 Å². The summed E-state index contributed by atoms with van der Waals surface area (Å²) >= 11 is 0. The van der Waals surface area contributed by atoms with Gasteiger partial charge in [-0.1, -0.05) is 32.1 Å². The van der Waals surface area contributed by atoms with Crippen LogP contribution >= 0.6 is 0 Å². The number of ether oxygens (including phenoxy) is 1.